The fourth-order valence-corrected chi connectivity index (χ4v) is 4.95. The van der Waals surface area contributed by atoms with Gasteiger partial charge in [0.05, 0.1) is 12.8 Å². The quantitative estimate of drug-likeness (QED) is 0.199. The first kappa shape index (κ1) is 29.9. The Morgan fingerprint density at radius 3 is 2.26 bits per heavy atom. The Morgan fingerprint density at radius 1 is 0.921 bits per heavy atom. The second-order valence-electron chi connectivity index (χ2n) is 9.38. The van der Waals surface area contributed by atoms with Crippen molar-refractivity contribution >= 4 is 40.0 Å². The van der Waals surface area contributed by atoms with Gasteiger partial charge in [-0.1, -0.05) is 81.4 Å². The van der Waals surface area contributed by atoms with Gasteiger partial charge in [0.1, 0.15) is 18.1 Å². The minimum atomic E-state index is -0.145. The van der Waals surface area contributed by atoms with Crippen LogP contribution in [0.4, 0.5) is 10.1 Å². The van der Waals surface area contributed by atoms with E-state index in [1.807, 2.05) is 42.5 Å². The first-order chi connectivity index (χ1) is 18.4. The number of nitrogen functional groups attached to an aromatic ring is 1. The Labute approximate surface area is 236 Å². The van der Waals surface area contributed by atoms with Crippen LogP contribution < -0.4 is 15.2 Å². The Kier molecular flexibility index (Phi) is 11.8. The van der Waals surface area contributed by atoms with Crippen molar-refractivity contribution in [3.63, 3.8) is 0 Å². The lowest BCUT2D eigenvalue weighted by Gasteiger charge is -2.26. The van der Waals surface area contributed by atoms with E-state index in [0.29, 0.717) is 22.3 Å². The molecule has 1 unspecified atom stereocenters. The van der Waals surface area contributed by atoms with E-state index in [-0.39, 0.29) is 12.8 Å². The number of alkyl halides is 1. The molecule has 0 spiro atoms. The van der Waals surface area contributed by atoms with E-state index >= 15 is 0 Å². The summed E-state index contributed by atoms with van der Waals surface area (Å²) in [5, 5.41) is 1.20. The van der Waals surface area contributed by atoms with Gasteiger partial charge >= 0.3 is 0 Å². The van der Waals surface area contributed by atoms with Crippen LogP contribution >= 0.6 is 23.2 Å². The van der Waals surface area contributed by atoms with Gasteiger partial charge < -0.3 is 15.2 Å². The summed E-state index contributed by atoms with van der Waals surface area (Å²) in [6.45, 7) is 6.65. The molecule has 204 valence electrons. The van der Waals surface area contributed by atoms with E-state index in [2.05, 4.69) is 32.9 Å². The van der Waals surface area contributed by atoms with Crippen LogP contribution in [0.15, 0.2) is 60.7 Å². The van der Waals surface area contributed by atoms with E-state index in [0.717, 1.165) is 77.9 Å². The molecule has 0 aromatic heterocycles. The van der Waals surface area contributed by atoms with Gasteiger partial charge in [0.2, 0.25) is 0 Å². The summed E-state index contributed by atoms with van der Waals surface area (Å²) in [4.78, 5) is 0. The van der Waals surface area contributed by atoms with Crippen molar-refractivity contribution in [1.82, 2.24) is 0 Å². The Balaban J connectivity index is 0.000000599. The molecule has 2 N–H and O–H groups in total. The van der Waals surface area contributed by atoms with Crippen LogP contribution in [0.2, 0.25) is 10.0 Å². The van der Waals surface area contributed by atoms with Gasteiger partial charge in [0.25, 0.3) is 0 Å². The maximum Gasteiger partial charge on any atom is 0.129 e. The van der Waals surface area contributed by atoms with Crippen molar-refractivity contribution < 1.29 is 13.9 Å². The fraction of sp³-hybridized carbons (Fsp3) is 0.375. The van der Waals surface area contributed by atoms with Gasteiger partial charge in [-0.05, 0) is 66.8 Å². The van der Waals surface area contributed by atoms with Gasteiger partial charge in [-0.3, -0.25) is 4.39 Å². The molecule has 0 saturated carbocycles. The van der Waals surface area contributed by atoms with E-state index < -0.39 is 0 Å². The van der Waals surface area contributed by atoms with Crippen LogP contribution in [-0.4, -0.2) is 19.4 Å². The number of unbranched alkanes of at least 4 members (excludes halogenated alkanes) is 2. The Morgan fingerprint density at radius 2 is 1.66 bits per heavy atom. The molecule has 1 aliphatic heterocycles. The average molecular weight is 559 g/mol. The Hall–Kier alpha value is -2.69. The summed E-state index contributed by atoms with van der Waals surface area (Å²) in [6.07, 6.45) is 6.28. The van der Waals surface area contributed by atoms with E-state index in [9.17, 15) is 4.39 Å². The number of benzene rings is 3. The zero-order valence-electron chi connectivity index (χ0n) is 22.5. The lowest BCUT2D eigenvalue weighted by atomic mass is 9.87. The predicted octanol–water partition coefficient (Wildman–Crippen LogP) is 10.0. The van der Waals surface area contributed by atoms with Crippen molar-refractivity contribution in [2.24, 2.45) is 0 Å². The highest BCUT2D eigenvalue weighted by atomic mass is 35.5. The van der Waals surface area contributed by atoms with Crippen LogP contribution in [0.3, 0.4) is 0 Å². The third kappa shape index (κ3) is 7.91. The lowest BCUT2D eigenvalue weighted by molar-refractivity contribution is 0.186. The van der Waals surface area contributed by atoms with Crippen molar-refractivity contribution in [2.45, 2.75) is 65.4 Å². The van der Waals surface area contributed by atoms with Crippen LogP contribution in [-0.2, 0) is 0 Å². The first-order valence-corrected chi connectivity index (χ1v) is 14.2. The van der Waals surface area contributed by atoms with E-state index in [1.165, 1.54) is 0 Å². The molecule has 3 aromatic carbocycles. The second kappa shape index (κ2) is 15.0. The SMILES string of the molecule is CCCC(CC)Oc1ccc(C2=C(c3ccc(Cl)cc3Cl)COc3cc(N)ccc32)cc1.CCCCCF. The highest BCUT2D eigenvalue weighted by Gasteiger charge is 2.24. The molecular formula is C32H38Cl2FNO2. The molecule has 3 aromatic rings. The maximum absolute atomic E-state index is 11.2. The number of rotatable bonds is 10. The summed E-state index contributed by atoms with van der Waals surface area (Å²) in [5.74, 6) is 1.65. The number of anilines is 1. The minimum absolute atomic E-state index is 0.145. The van der Waals surface area contributed by atoms with Gasteiger partial charge in [-0.15, -0.1) is 0 Å². The molecule has 0 amide bonds. The van der Waals surface area contributed by atoms with Crippen LogP contribution in [0, 0.1) is 0 Å². The highest BCUT2D eigenvalue weighted by molar-refractivity contribution is 6.36. The normalized spacial score (nSPS) is 13.2. The molecule has 38 heavy (non-hydrogen) atoms. The van der Waals surface area contributed by atoms with Crippen molar-refractivity contribution in [3.05, 3.63) is 87.4 Å². The topological polar surface area (TPSA) is 44.5 Å². The van der Waals surface area contributed by atoms with Crippen molar-refractivity contribution in [1.29, 1.82) is 0 Å². The number of halogens is 3. The molecule has 1 aliphatic rings. The van der Waals surface area contributed by atoms with Gasteiger partial charge in [-0.2, -0.15) is 0 Å². The molecule has 0 fully saturated rings. The van der Waals surface area contributed by atoms with Crippen LogP contribution in [0.25, 0.3) is 11.1 Å². The maximum atomic E-state index is 11.2. The third-order valence-corrected chi connectivity index (χ3v) is 7.00. The number of hydrogen-bond acceptors (Lipinski definition) is 3. The molecule has 3 nitrogen and oxygen atoms in total. The molecule has 4 rings (SSSR count). The standard InChI is InChI=1S/C27H27Cl2NO2.C5H11F/c1-3-5-20(4-2)32-21-10-6-17(7-11-21)27-23-13-9-19(30)15-26(23)31-16-24(27)22-12-8-18(28)14-25(22)29;1-2-3-4-5-6/h6-15,20H,3-5,16,30H2,1-2H3;2-5H2,1H3. The van der Waals surface area contributed by atoms with Gasteiger partial charge in [0.15, 0.2) is 0 Å². The van der Waals surface area contributed by atoms with Gasteiger partial charge in [0, 0.05) is 38.5 Å². The van der Waals surface area contributed by atoms with Crippen LogP contribution in [0.1, 0.15) is 76.0 Å². The molecule has 0 aliphatic carbocycles. The zero-order chi connectivity index (χ0) is 27.5. The molecule has 0 bridgehead atoms. The number of hydrogen-bond donors (Lipinski definition) is 1. The lowest BCUT2D eigenvalue weighted by Crippen LogP contribution is -2.15. The fourth-order valence-electron chi connectivity index (χ4n) is 4.43. The van der Waals surface area contributed by atoms with Crippen molar-refractivity contribution in [2.75, 3.05) is 19.0 Å². The molecule has 1 heterocycles. The number of ether oxygens (including phenoxy) is 2. The number of nitrogens with two attached hydrogens (primary N) is 1. The molecular weight excluding hydrogens is 520 g/mol. The monoisotopic (exact) mass is 557 g/mol. The van der Waals surface area contributed by atoms with E-state index in [4.69, 9.17) is 38.4 Å². The van der Waals surface area contributed by atoms with Crippen molar-refractivity contribution in [3.8, 4) is 11.5 Å². The van der Waals surface area contributed by atoms with Crippen LogP contribution in [0.5, 0.6) is 11.5 Å². The summed E-state index contributed by atoms with van der Waals surface area (Å²) in [6, 6.07) is 19.6. The minimum Gasteiger partial charge on any atom is -0.490 e. The molecule has 6 heteroatoms. The summed E-state index contributed by atoms with van der Waals surface area (Å²) < 4.78 is 23.4. The molecule has 1 atom stereocenters. The smallest absolute Gasteiger partial charge is 0.129 e. The van der Waals surface area contributed by atoms with Gasteiger partial charge in [-0.25, -0.2) is 0 Å². The summed E-state index contributed by atoms with van der Waals surface area (Å²) in [5.41, 5.74) is 11.7. The Bertz CT molecular complexity index is 1210. The third-order valence-electron chi connectivity index (χ3n) is 6.45. The number of fused-ring (bicyclic) bond motifs is 1. The second-order valence-corrected chi connectivity index (χ2v) is 10.2. The zero-order valence-corrected chi connectivity index (χ0v) is 24.0. The first-order valence-electron chi connectivity index (χ1n) is 13.5. The molecule has 0 radical (unpaired) electrons. The highest BCUT2D eigenvalue weighted by Crippen LogP contribution is 2.43. The van der Waals surface area contributed by atoms with E-state index in [1.54, 1.807) is 6.07 Å². The largest absolute Gasteiger partial charge is 0.490 e. The predicted molar refractivity (Wildman–Crippen MR) is 160 cm³/mol. The average Bonchev–Trinajstić information content (AvgIpc) is 2.92. The molecule has 0 saturated heterocycles. The summed E-state index contributed by atoms with van der Waals surface area (Å²) >= 11 is 12.7. The summed E-state index contributed by atoms with van der Waals surface area (Å²) in [7, 11) is 0.